The van der Waals surface area contributed by atoms with Crippen LogP contribution >= 0.6 is 0 Å². The maximum absolute atomic E-state index is 12.1. The zero-order valence-electron chi connectivity index (χ0n) is 10.5. The Kier molecular flexibility index (Phi) is 3.74. The minimum absolute atomic E-state index is 0.0677. The first-order valence-electron chi connectivity index (χ1n) is 6.12. The highest BCUT2D eigenvalue weighted by molar-refractivity contribution is 7.89. The van der Waals surface area contributed by atoms with Gasteiger partial charge in [0, 0.05) is 24.9 Å². The molecule has 102 valence electrons. The summed E-state index contributed by atoms with van der Waals surface area (Å²) in [5, 5.41) is 12.7. The minimum Gasteiger partial charge on any atom is -0.396 e. The quantitative estimate of drug-likeness (QED) is 0.790. The van der Waals surface area contributed by atoms with E-state index in [-0.39, 0.29) is 17.0 Å². The van der Waals surface area contributed by atoms with Crippen molar-refractivity contribution in [3.05, 3.63) is 12.4 Å². The molecule has 0 saturated heterocycles. The van der Waals surface area contributed by atoms with Crippen LogP contribution in [0.5, 0.6) is 0 Å². The van der Waals surface area contributed by atoms with Crippen LogP contribution in [0.25, 0.3) is 0 Å². The number of nitrogens with one attached hydrogen (secondary N) is 1. The first-order chi connectivity index (χ1) is 8.45. The van der Waals surface area contributed by atoms with Gasteiger partial charge in [-0.2, -0.15) is 5.10 Å². The Hall–Kier alpha value is -0.920. The van der Waals surface area contributed by atoms with Crippen LogP contribution in [0, 0.1) is 0 Å². The van der Waals surface area contributed by atoms with Gasteiger partial charge in [-0.15, -0.1) is 0 Å². The second kappa shape index (κ2) is 4.99. The van der Waals surface area contributed by atoms with Crippen LogP contribution in [0.4, 0.5) is 0 Å². The predicted octanol–water partition coefficient (Wildman–Crippen LogP) is 0.486. The molecule has 0 aromatic carbocycles. The van der Waals surface area contributed by atoms with E-state index in [1.54, 1.807) is 0 Å². The van der Waals surface area contributed by atoms with Crippen molar-refractivity contribution in [2.45, 2.75) is 49.6 Å². The van der Waals surface area contributed by atoms with Gasteiger partial charge in [0.25, 0.3) is 0 Å². The van der Waals surface area contributed by atoms with Crippen LogP contribution in [0.3, 0.4) is 0 Å². The molecular weight excluding hydrogens is 254 g/mol. The number of rotatable bonds is 6. The van der Waals surface area contributed by atoms with Gasteiger partial charge < -0.3 is 5.11 Å². The van der Waals surface area contributed by atoms with Crippen molar-refractivity contribution in [1.82, 2.24) is 14.5 Å². The average molecular weight is 273 g/mol. The van der Waals surface area contributed by atoms with Gasteiger partial charge in [0.2, 0.25) is 10.0 Å². The molecule has 0 bridgehead atoms. The maximum atomic E-state index is 12.1. The van der Waals surface area contributed by atoms with Crippen molar-refractivity contribution in [1.29, 1.82) is 0 Å². The molecule has 1 aliphatic carbocycles. The van der Waals surface area contributed by atoms with Crippen molar-refractivity contribution in [2.24, 2.45) is 0 Å². The molecule has 2 N–H and O–H groups in total. The molecule has 18 heavy (non-hydrogen) atoms. The van der Waals surface area contributed by atoms with Crippen molar-refractivity contribution in [3.8, 4) is 0 Å². The van der Waals surface area contributed by atoms with Gasteiger partial charge in [0.15, 0.2) is 0 Å². The highest BCUT2D eigenvalue weighted by atomic mass is 32.2. The summed E-state index contributed by atoms with van der Waals surface area (Å²) in [5.41, 5.74) is -0.300. The Bertz CT molecular complexity index is 505. The summed E-state index contributed by atoms with van der Waals surface area (Å²) in [7, 11) is -3.48. The second-order valence-electron chi connectivity index (χ2n) is 5.04. The van der Waals surface area contributed by atoms with Crippen molar-refractivity contribution < 1.29 is 13.5 Å². The van der Waals surface area contributed by atoms with E-state index in [2.05, 4.69) is 9.82 Å². The number of hydrogen-bond acceptors (Lipinski definition) is 4. The normalized spacial score (nSPS) is 18.6. The van der Waals surface area contributed by atoms with E-state index in [0.29, 0.717) is 13.0 Å². The second-order valence-corrected chi connectivity index (χ2v) is 6.72. The Labute approximate surface area is 107 Å². The Morgan fingerprint density at radius 3 is 2.83 bits per heavy atom. The lowest BCUT2D eigenvalue weighted by Crippen LogP contribution is -2.50. The van der Waals surface area contributed by atoms with Gasteiger partial charge in [-0.1, -0.05) is 0 Å². The van der Waals surface area contributed by atoms with Crippen molar-refractivity contribution >= 4 is 10.0 Å². The smallest absolute Gasteiger partial charge is 0.244 e. The molecule has 7 heteroatoms. The van der Waals surface area contributed by atoms with Gasteiger partial charge in [-0.3, -0.25) is 4.68 Å². The summed E-state index contributed by atoms with van der Waals surface area (Å²) in [6, 6.07) is 0. The topological polar surface area (TPSA) is 84.2 Å². The lowest BCUT2D eigenvalue weighted by Gasteiger charge is -2.38. The van der Waals surface area contributed by atoms with Crippen LogP contribution in [0.1, 0.15) is 32.6 Å². The highest BCUT2D eigenvalue weighted by Gasteiger charge is 2.36. The van der Waals surface area contributed by atoms with Gasteiger partial charge >= 0.3 is 0 Å². The summed E-state index contributed by atoms with van der Waals surface area (Å²) in [4.78, 5) is 0.188. The molecule has 1 aliphatic rings. The molecule has 0 radical (unpaired) electrons. The van der Waals surface area contributed by atoms with Gasteiger partial charge in [0.05, 0.1) is 6.20 Å². The molecule has 1 aromatic heterocycles. The number of sulfonamides is 1. The van der Waals surface area contributed by atoms with Crippen LogP contribution in [0.15, 0.2) is 17.3 Å². The third-order valence-corrected chi connectivity index (χ3v) is 4.90. The molecule has 0 aliphatic heterocycles. The highest BCUT2D eigenvalue weighted by Crippen LogP contribution is 2.32. The third-order valence-electron chi connectivity index (χ3n) is 3.30. The lowest BCUT2D eigenvalue weighted by molar-refractivity contribution is 0.248. The Morgan fingerprint density at radius 1 is 1.56 bits per heavy atom. The summed E-state index contributed by atoms with van der Waals surface area (Å²) in [5.74, 6) is 0. The van der Waals surface area contributed by atoms with Gasteiger partial charge in [-0.05, 0) is 32.6 Å². The number of aryl methyl sites for hydroxylation is 1. The SMILES string of the molecule is CC1(NS(=O)(=O)c2cnn(CCCO)c2)CCC1. The van der Waals surface area contributed by atoms with E-state index in [9.17, 15) is 8.42 Å². The predicted molar refractivity (Wildman–Crippen MR) is 66.5 cm³/mol. The summed E-state index contributed by atoms with van der Waals surface area (Å²) < 4.78 is 28.5. The molecule has 1 fully saturated rings. The third kappa shape index (κ3) is 2.90. The van der Waals surface area contributed by atoms with Gasteiger partial charge in [-0.25, -0.2) is 13.1 Å². The average Bonchev–Trinajstić information content (AvgIpc) is 2.73. The molecule has 0 unspecified atom stereocenters. The monoisotopic (exact) mass is 273 g/mol. The van der Waals surface area contributed by atoms with E-state index in [1.165, 1.54) is 17.1 Å². The molecule has 6 nitrogen and oxygen atoms in total. The molecule has 1 heterocycles. The largest absolute Gasteiger partial charge is 0.396 e. The summed E-state index contributed by atoms with van der Waals surface area (Å²) >= 11 is 0. The molecule has 1 saturated carbocycles. The lowest BCUT2D eigenvalue weighted by atomic mass is 9.80. The molecule has 1 aromatic rings. The fourth-order valence-corrected chi connectivity index (χ4v) is 3.45. The Balaban J connectivity index is 2.07. The van der Waals surface area contributed by atoms with Crippen LogP contribution in [-0.2, 0) is 16.6 Å². The van der Waals surface area contributed by atoms with E-state index in [0.717, 1.165) is 19.3 Å². The van der Waals surface area contributed by atoms with E-state index >= 15 is 0 Å². The molecule has 2 rings (SSSR count). The fraction of sp³-hybridized carbons (Fsp3) is 0.727. The van der Waals surface area contributed by atoms with Crippen molar-refractivity contribution in [3.63, 3.8) is 0 Å². The minimum atomic E-state index is -3.48. The van der Waals surface area contributed by atoms with Crippen LogP contribution < -0.4 is 4.72 Å². The molecule has 0 atom stereocenters. The number of nitrogens with zero attached hydrogens (tertiary/aromatic N) is 2. The fourth-order valence-electron chi connectivity index (χ4n) is 2.03. The number of aliphatic hydroxyl groups is 1. The molecular formula is C11H19N3O3S. The van der Waals surface area contributed by atoms with Crippen molar-refractivity contribution in [2.75, 3.05) is 6.61 Å². The van der Waals surface area contributed by atoms with E-state index < -0.39 is 10.0 Å². The first kappa shape index (κ1) is 13.5. The first-order valence-corrected chi connectivity index (χ1v) is 7.61. The summed E-state index contributed by atoms with van der Waals surface area (Å²) in [6.07, 6.45) is 6.23. The zero-order chi connectivity index (χ0) is 13.2. The van der Waals surface area contributed by atoms with Crippen LogP contribution in [-0.4, -0.2) is 35.5 Å². The maximum Gasteiger partial charge on any atom is 0.244 e. The van der Waals surface area contributed by atoms with Crippen LogP contribution in [0.2, 0.25) is 0 Å². The number of aliphatic hydroxyl groups excluding tert-OH is 1. The Morgan fingerprint density at radius 2 is 2.28 bits per heavy atom. The summed E-state index contributed by atoms with van der Waals surface area (Å²) in [6.45, 7) is 2.51. The van der Waals surface area contributed by atoms with E-state index in [1.807, 2.05) is 6.92 Å². The van der Waals surface area contributed by atoms with Gasteiger partial charge in [0.1, 0.15) is 4.90 Å². The molecule has 0 spiro atoms. The standard InChI is InChI=1S/C11H19N3O3S/c1-11(4-2-5-11)13-18(16,17)10-8-12-14(9-10)6-3-7-15/h8-9,13,15H,2-7H2,1H3. The number of aromatic nitrogens is 2. The molecule has 0 amide bonds. The zero-order valence-corrected chi connectivity index (χ0v) is 11.3. The number of hydrogen-bond donors (Lipinski definition) is 2. The van der Waals surface area contributed by atoms with E-state index in [4.69, 9.17) is 5.11 Å².